The first-order chi connectivity index (χ1) is 14.9. The zero-order chi connectivity index (χ0) is 22.4. The molecule has 0 saturated heterocycles. The third kappa shape index (κ3) is 5.46. The highest BCUT2D eigenvalue weighted by molar-refractivity contribution is 7.16. The Bertz CT molecular complexity index is 1170. The van der Waals surface area contributed by atoms with E-state index >= 15 is 0 Å². The zero-order valence-corrected chi connectivity index (χ0v) is 18.5. The summed E-state index contributed by atoms with van der Waals surface area (Å²) in [5, 5.41) is 0. The van der Waals surface area contributed by atoms with E-state index in [-0.39, 0.29) is 25.5 Å². The van der Waals surface area contributed by atoms with Crippen LogP contribution in [0.15, 0.2) is 47.5 Å². The fourth-order valence-corrected chi connectivity index (χ4v) is 4.19. The Morgan fingerprint density at radius 1 is 1.03 bits per heavy atom. The van der Waals surface area contributed by atoms with Gasteiger partial charge in [-0.2, -0.15) is 4.99 Å². The minimum Gasteiger partial charge on any atom is -0.465 e. The number of thiazole rings is 1. The van der Waals surface area contributed by atoms with E-state index in [0.717, 1.165) is 12.0 Å². The summed E-state index contributed by atoms with van der Waals surface area (Å²) >= 11 is 1.23. The molecule has 0 saturated carbocycles. The highest BCUT2D eigenvalue weighted by atomic mass is 32.1. The van der Waals surface area contributed by atoms with E-state index in [1.54, 1.807) is 29.7 Å². The van der Waals surface area contributed by atoms with Crippen molar-refractivity contribution < 1.29 is 23.9 Å². The molecule has 8 heteroatoms. The van der Waals surface area contributed by atoms with Crippen LogP contribution in [0.3, 0.4) is 0 Å². The summed E-state index contributed by atoms with van der Waals surface area (Å²) in [7, 11) is 1.31. The topological polar surface area (TPSA) is 87.0 Å². The van der Waals surface area contributed by atoms with Gasteiger partial charge in [0, 0.05) is 0 Å². The van der Waals surface area contributed by atoms with Crippen LogP contribution in [0.2, 0.25) is 0 Å². The van der Waals surface area contributed by atoms with E-state index in [0.29, 0.717) is 20.6 Å². The number of methoxy groups -OCH3 is 1. The summed E-state index contributed by atoms with van der Waals surface area (Å²) in [6.07, 6.45) is 1.09. The van der Waals surface area contributed by atoms with Crippen LogP contribution < -0.4 is 4.80 Å². The van der Waals surface area contributed by atoms with E-state index in [9.17, 15) is 14.4 Å². The van der Waals surface area contributed by atoms with Crippen LogP contribution in [-0.4, -0.2) is 36.1 Å². The predicted molar refractivity (Wildman–Crippen MR) is 118 cm³/mol. The minimum absolute atomic E-state index is 0.0806. The van der Waals surface area contributed by atoms with Crippen molar-refractivity contribution >= 4 is 39.4 Å². The quantitative estimate of drug-likeness (QED) is 0.526. The molecule has 3 aromatic rings. The van der Waals surface area contributed by atoms with Crippen molar-refractivity contribution in [1.29, 1.82) is 0 Å². The predicted octanol–water partition coefficient (Wildman–Crippen LogP) is 3.28. The summed E-state index contributed by atoms with van der Waals surface area (Å²) in [4.78, 5) is 41.3. The van der Waals surface area contributed by atoms with Gasteiger partial charge < -0.3 is 14.0 Å². The van der Waals surface area contributed by atoms with Crippen molar-refractivity contribution in [2.75, 3.05) is 13.7 Å². The van der Waals surface area contributed by atoms with Crippen LogP contribution in [0.4, 0.5) is 0 Å². The van der Waals surface area contributed by atoms with Crippen molar-refractivity contribution in [3.63, 3.8) is 0 Å². The first kappa shape index (κ1) is 22.4. The van der Waals surface area contributed by atoms with Crippen LogP contribution in [0.5, 0.6) is 0 Å². The Hall–Kier alpha value is -3.26. The molecule has 1 aromatic heterocycles. The van der Waals surface area contributed by atoms with Gasteiger partial charge in [-0.1, -0.05) is 42.5 Å². The maximum absolute atomic E-state index is 12.6. The fraction of sp³-hybridized carbons (Fsp3) is 0.304. The van der Waals surface area contributed by atoms with Gasteiger partial charge in [-0.3, -0.25) is 9.59 Å². The fourth-order valence-electron chi connectivity index (χ4n) is 3.11. The van der Waals surface area contributed by atoms with Gasteiger partial charge in [0.15, 0.2) is 4.80 Å². The van der Waals surface area contributed by atoms with Crippen molar-refractivity contribution in [2.24, 2.45) is 4.99 Å². The summed E-state index contributed by atoms with van der Waals surface area (Å²) in [6.45, 7) is 3.98. The van der Waals surface area contributed by atoms with E-state index in [1.165, 1.54) is 24.0 Å². The first-order valence-corrected chi connectivity index (χ1v) is 10.8. The maximum Gasteiger partial charge on any atom is 0.337 e. The van der Waals surface area contributed by atoms with Crippen molar-refractivity contribution in [1.82, 2.24) is 4.57 Å². The van der Waals surface area contributed by atoms with E-state index in [1.807, 2.05) is 24.3 Å². The number of aromatic nitrogens is 1. The number of esters is 2. The summed E-state index contributed by atoms with van der Waals surface area (Å²) in [5.74, 6) is -1.21. The summed E-state index contributed by atoms with van der Waals surface area (Å²) in [5.41, 5.74) is 3.14. The molecule has 7 nitrogen and oxygen atoms in total. The molecule has 0 radical (unpaired) electrons. The van der Waals surface area contributed by atoms with Gasteiger partial charge in [0.1, 0.15) is 6.54 Å². The minimum atomic E-state index is -0.461. The number of hydrogen-bond donors (Lipinski definition) is 0. The molecule has 0 N–H and O–H groups in total. The second-order valence-corrected chi connectivity index (χ2v) is 7.81. The van der Waals surface area contributed by atoms with Crippen LogP contribution >= 0.6 is 11.3 Å². The monoisotopic (exact) mass is 440 g/mol. The van der Waals surface area contributed by atoms with E-state index in [2.05, 4.69) is 11.9 Å². The van der Waals surface area contributed by atoms with Gasteiger partial charge in [0.2, 0.25) is 0 Å². The third-order valence-corrected chi connectivity index (χ3v) is 5.74. The number of amides is 1. The molecule has 0 aliphatic rings. The number of fused-ring (bicyclic) bond motifs is 1. The molecule has 0 unspecified atom stereocenters. The molecule has 31 heavy (non-hydrogen) atoms. The molecular formula is C23H24N2O5S. The number of hydrogen-bond acceptors (Lipinski definition) is 6. The SMILES string of the molecule is CCOC(=O)Cn1c(=NC(=O)Cc2ccc(CC)cc2)sc2cc(C(=O)OC)ccc21. The Morgan fingerprint density at radius 2 is 1.74 bits per heavy atom. The molecule has 2 aromatic carbocycles. The average molecular weight is 441 g/mol. The molecule has 0 bridgehead atoms. The van der Waals surface area contributed by atoms with Gasteiger partial charge in [-0.15, -0.1) is 0 Å². The molecular weight excluding hydrogens is 416 g/mol. The lowest BCUT2D eigenvalue weighted by Crippen LogP contribution is -2.23. The van der Waals surface area contributed by atoms with E-state index in [4.69, 9.17) is 9.47 Å². The van der Waals surface area contributed by atoms with Gasteiger partial charge in [0.25, 0.3) is 5.91 Å². The molecule has 162 valence electrons. The third-order valence-electron chi connectivity index (χ3n) is 4.70. The van der Waals surface area contributed by atoms with Crippen LogP contribution in [0.1, 0.15) is 35.3 Å². The van der Waals surface area contributed by atoms with Gasteiger partial charge >= 0.3 is 11.9 Å². The number of carbonyl (C=O) groups is 3. The largest absolute Gasteiger partial charge is 0.465 e. The van der Waals surface area contributed by atoms with Crippen molar-refractivity contribution in [3.8, 4) is 0 Å². The highest BCUT2D eigenvalue weighted by Gasteiger charge is 2.15. The Morgan fingerprint density at radius 3 is 2.39 bits per heavy atom. The molecule has 1 heterocycles. The first-order valence-electron chi connectivity index (χ1n) is 9.97. The molecule has 0 atom stereocenters. The lowest BCUT2D eigenvalue weighted by Gasteiger charge is -2.05. The number of rotatable bonds is 7. The summed E-state index contributed by atoms with van der Waals surface area (Å²) < 4.78 is 12.2. The molecule has 1 amide bonds. The molecule has 0 fully saturated rings. The van der Waals surface area contributed by atoms with Gasteiger partial charge in [-0.05, 0) is 42.7 Å². The molecule has 0 aliphatic heterocycles. The molecule has 3 rings (SSSR count). The summed E-state index contributed by atoms with van der Waals surface area (Å²) in [6, 6.07) is 12.8. The number of nitrogens with zero attached hydrogens (tertiary/aromatic N) is 2. The lowest BCUT2D eigenvalue weighted by atomic mass is 10.1. The highest BCUT2D eigenvalue weighted by Crippen LogP contribution is 2.20. The van der Waals surface area contributed by atoms with Crippen LogP contribution in [0, 0.1) is 0 Å². The molecule has 0 spiro atoms. The Kier molecular flexibility index (Phi) is 7.36. The molecule has 0 aliphatic carbocycles. The second kappa shape index (κ2) is 10.2. The normalized spacial score (nSPS) is 11.5. The smallest absolute Gasteiger partial charge is 0.337 e. The standard InChI is InChI=1S/C23H24N2O5S/c1-4-15-6-8-16(9-7-15)12-20(26)24-23-25(14-21(27)30-5-2)18-11-10-17(22(28)29-3)13-19(18)31-23/h6-11,13H,4-5,12,14H2,1-3H3. The average Bonchev–Trinajstić information content (AvgIpc) is 3.09. The number of benzene rings is 2. The maximum atomic E-state index is 12.6. The van der Waals surface area contributed by atoms with E-state index < -0.39 is 11.9 Å². The number of aryl methyl sites for hydroxylation is 1. The van der Waals surface area contributed by atoms with Gasteiger partial charge in [-0.25, -0.2) is 4.79 Å². The number of carbonyl (C=O) groups excluding carboxylic acids is 3. The zero-order valence-electron chi connectivity index (χ0n) is 17.7. The second-order valence-electron chi connectivity index (χ2n) is 6.80. The lowest BCUT2D eigenvalue weighted by molar-refractivity contribution is -0.143. The van der Waals surface area contributed by atoms with Crippen LogP contribution in [0.25, 0.3) is 10.2 Å². The van der Waals surface area contributed by atoms with Crippen LogP contribution in [-0.2, 0) is 38.4 Å². The Labute approximate surface area is 183 Å². The Balaban J connectivity index is 1.99. The van der Waals surface area contributed by atoms with Crippen molar-refractivity contribution in [2.45, 2.75) is 33.2 Å². The van der Waals surface area contributed by atoms with Gasteiger partial charge in [0.05, 0.1) is 35.9 Å². The van der Waals surface area contributed by atoms with Crippen molar-refractivity contribution in [3.05, 3.63) is 64.0 Å². The number of ether oxygens (including phenoxy) is 2.